The molecule has 5 heteroatoms. The molecule has 1 saturated carbocycles. The lowest BCUT2D eigenvalue weighted by molar-refractivity contribution is 0.0728. The molecule has 0 aromatic heterocycles. The third-order valence-corrected chi connectivity index (χ3v) is 8.93. The maximum absolute atomic E-state index is 14.7. The molecule has 0 saturated heterocycles. The Morgan fingerprint density at radius 3 is 1.90 bits per heavy atom. The van der Waals surface area contributed by atoms with Crippen LogP contribution in [0.3, 0.4) is 0 Å². The molecule has 3 rings (SSSR count). The van der Waals surface area contributed by atoms with Crippen molar-refractivity contribution in [2.24, 2.45) is 11.8 Å². The third kappa shape index (κ3) is 12.1. The number of carbonyl (C=O) groups excluding carboxylic acids is 1. The van der Waals surface area contributed by atoms with Crippen LogP contribution in [-0.4, -0.2) is 12.6 Å². The minimum absolute atomic E-state index is 0.169. The van der Waals surface area contributed by atoms with E-state index in [0.717, 1.165) is 37.5 Å². The van der Waals surface area contributed by atoms with Crippen LogP contribution in [0.25, 0.3) is 0 Å². The molecule has 0 heterocycles. The predicted molar refractivity (Wildman–Crippen MR) is 168 cm³/mol. The fraction of sp³-hybridized carbons (Fsp3) is 0.649. The molecule has 1 aliphatic rings. The monoisotopic (exact) mass is 584 g/mol. The highest BCUT2D eigenvalue weighted by atomic mass is 19.2. The summed E-state index contributed by atoms with van der Waals surface area (Å²) >= 11 is 0. The van der Waals surface area contributed by atoms with E-state index in [1.54, 1.807) is 12.1 Å². The summed E-state index contributed by atoms with van der Waals surface area (Å²) in [6.45, 7) is 4.80. The van der Waals surface area contributed by atoms with Crippen LogP contribution in [0, 0.1) is 23.5 Å². The molecule has 0 unspecified atom stereocenters. The molecule has 0 N–H and O–H groups in total. The molecular weight excluding hydrogens is 530 g/mol. The van der Waals surface area contributed by atoms with Gasteiger partial charge in [-0.25, -0.2) is 9.18 Å². The highest BCUT2D eigenvalue weighted by Crippen LogP contribution is 2.34. The number of ether oxygens (including phenoxy) is 2. The van der Waals surface area contributed by atoms with Crippen molar-refractivity contribution in [3.63, 3.8) is 0 Å². The molecule has 2 aromatic carbocycles. The Bertz CT molecular complexity index is 1030. The van der Waals surface area contributed by atoms with Crippen molar-refractivity contribution in [2.75, 3.05) is 6.61 Å². The lowest BCUT2D eigenvalue weighted by Crippen LogP contribution is -2.15. The first kappa shape index (κ1) is 34.1. The maximum Gasteiger partial charge on any atom is 0.346 e. The second-order valence-corrected chi connectivity index (χ2v) is 12.4. The van der Waals surface area contributed by atoms with E-state index in [4.69, 9.17) is 9.47 Å². The number of carbonyl (C=O) groups is 1. The first-order chi connectivity index (χ1) is 20.5. The van der Waals surface area contributed by atoms with Gasteiger partial charge in [0.05, 0.1) is 12.2 Å². The molecule has 0 bridgehead atoms. The summed E-state index contributed by atoms with van der Waals surface area (Å²) in [5.41, 5.74) is 0.767. The Hall–Kier alpha value is -2.43. The van der Waals surface area contributed by atoms with E-state index in [9.17, 15) is 13.6 Å². The largest absolute Gasteiger partial charge is 0.490 e. The van der Waals surface area contributed by atoms with E-state index in [-0.39, 0.29) is 5.75 Å². The summed E-state index contributed by atoms with van der Waals surface area (Å²) in [6.07, 6.45) is 23.5. The van der Waals surface area contributed by atoms with Gasteiger partial charge in [-0.1, -0.05) is 129 Å². The van der Waals surface area contributed by atoms with E-state index in [0.29, 0.717) is 12.4 Å². The fourth-order valence-corrected chi connectivity index (χ4v) is 6.14. The molecule has 1 aliphatic carbocycles. The van der Waals surface area contributed by atoms with Gasteiger partial charge in [-0.05, 0) is 60.9 Å². The molecule has 42 heavy (non-hydrogen) atoms. The van der Waals surface area contributed by atoms with Crippen molar-refractivity contribution < 1.29 is 23.0 Å². The summed E-state index contributed by atoms with van der Waals surface area (Å²) in [6, 6.07) is 9.92. The topological polar surface area (TPSA) is 35.5 Å². The smallest absolute Gasteiger partial charge is 0.346 e. The highest BCUT2D eigenvalue weighted by molar-refractivity contribution is 5.91. The quantitative estimate of drug-likeness (QED) is 0.0882. The second-order valence-electron chi connectivity index (χ2n) is 12.4. The minimum atomic E-state index is -1.23. The predicted octanol–water partition coefficient (Wildman–Crippen LogP) is 11.4. The molecule has 0 radical (unpaired) electrons. The van der Waals surface area contributed by atoms with E-state index in [1.807, 2.05) is 12.1 Å². The average Bonchev–Trinajstić information content (AvgIpc) is 3.00. The van der Waals surface area contributed by atoms with Gasteiger partial charge >= 0.3 is 5.97 Å². The lowest BCUT2D eigenvalue weighted by atomic mass is 9.78. The first-order valence-electron chi connectivity index (χ1n) is 16.9. The Labute approximate surface area is 253 Å². The number of halogens is 2. The molecule has 3 nitrogen and oxygen atoms in total. The zero-order valence-electron chi connectivity index (χ0n) is 26.2. The van der Waals surface area contributed by atoms with E-state index in [1.165, 1.54) is 114 Å². The van der Waals surface area contributed by atoms with Gasteiger partial charge in [0.15, 0.2) is 11.6 Å². The normalized spacial score (nSPS) is 16.9. The average molecular weight is 585 g/mol. The van der Waals surface area contributed by atoms with Crippen LogP contribution in [0.5, 0.6) is 11.5 Å². The third-order valence-electron chi connectivity index (χ3n) is 8.93. The van der Waals surface area contributed by atoms with E-state index < -0.39 is 23.2 Å². The summed E-state index contributed by atoms with van der Waals surface area (Å²) in [4.78, 5) is 12.6. The fourth-order valence-electron chi connectivity index (χ4n) is 6.14. The van der Waals surface area contributed by atoms with Crippen LogP contribution in [0.2, 0.25) is 0 Å². The second kappa shape index (κ2) is 19.7. The van der Waals surface area contributed by atoms with Crippen molar-refractivity contribution in [1.82, 2.24) is 0 Å². The van der Waals surface area contributed by atoms with Crippen molar-refractivity contribution in [2.45, 2.75) is 136 Å². The Morgan fingerprint density at radius 2 is 1.26 bits per heavy atom. The number of rotatable bonds is 20. The highest BCUT2D eigenvalue weighted by Gasteiger charge is 2.22. The molecule has 1 fully saturated rings. The molecule has 0 aliphatic heterocycles. The van der Waals surface area contributed by atoms with Crippen molar-refractivity contribution in [1.29, 1.82) is 0 Å². The zero-order chi connectivity index (χ0) is 30.0. The number of unbranched alkanes of at least 4 members (excludes halogenated alkanes) is 10. The first-order valence-corrected chi connectivity index (χ1v) is 16.9. The Balaban J connectivity index is 1.36. The summed E-state index contributed by atoms with van der Waals surface area (Å²) < 4.78 is 40.1. The van der Waals surface area contributed by atoms with Crippen LogP contribution in [-0.2, 0) is 6.42 Å². The number of esters is 1. The number of benzene rings is 2. The van der Waals surface area contributed by atoms with Gasteiger partial charge < -0.3 is 9.47 Å². The summed E-state index contributed by atoms with van der Waals surface area (Å²) in [5.74, 6) is -1.43. The zero-order valence-corrected chi connectivity index (χ0v) is 26.2. The number of hydrogen-bond donors (Lipinski definition) is 0. The molecule has 0 spiro atoms. The van der Waals surface area contributed by atoms with Crippen LogP contribution < -0.4 is 9.47 Å². The Morgan fingerprint density at radius 1 is 0.690 bits per heavy atom. The molecular formula is C37H54F2O3. The molecule has 0 amide bonds. The minimum Gasteiger partial charge on any atom is -0.490 e. The van der Waals surface area contributed by atoms with Gasteiger partial charge in [-0.15, -0.1) is 0 Å². The van der Waals surface area contributed by atoms with Gasteiger partial charge in [0.2, 0.25) is 5.82 Å². The van der Waals surface area contributed by atoms with E-state index >= 15 is 0 Å². The van der Waals surface area contributed by atoms with Crippen molar-refractivity contribution in [3.05, 3.63) is 59.2 Å². The van der Waals surface area contributed by atoms with E-state index in [2.05, 4.69) is 13.8 Å². The number of hydrogen-bond acceptors (Lipinski definition) is 3. The number of aryl methyl sites for hydroxylation is 1. The van der Waals surface area contributed by atoms with Crippen molar-refractivity contribution >= 4 is 5.97 Å². The van der Waals surface area contributed by atoms with Crippen LogP contribution in [0.1, 0.15) is 145 Å². The van der Waals surface area contributed by atoms with Gasteiger partial charge in [-0.3, -0.25) is 0 Å². The van der Waals surface area contributed by atoms with Gasteiger partial charge in [-0.2, -0.15) is 4.39 Å². The summed E-state index contributed by atoms with van der Waals surface area (Å²) in [5, 5.41) is 0. The van der Waals surface area contributed by atoms with Gasteiger partial charge in [0.25, 0.3) is 0 Å². The molecule has 234 valence electrons. The van der Waals surface area contributed by atoms with Crippen LogP contribution in [0.15, 0.2) is 36.4 Å². The Kier molecular flexibility index (Phi) is 16.0. The molecule has 2 aromatic rings. The SMILES string of the molecule is CCCCCCCCCCCOc1ccc(C(=O)Oc2ccc(CCC3CCC(CCCCC)CC3)cc2)c(F)c1F. The van der Waals surface area contributed by atoms with Crippen molar-refractivity contribution in [3.8, 4) is 11.5 Å². The van der Waals surface area contributed by atoms with Crippen LogP contribution in [0.4, 0.5) is 8.78 Å². The molecule has 0 atom stereocenters. The standard InChI is InChI=1S/C37H54F2O3/c1-3-5-7-8-9-10-11-12-14-28-41-34-27-26-33(35(38)36(34)39)37(40)42-32-24-22-31(23-25-32)21-20-30-18-16-29(17-19-30)15-13-6-4-2/h22-27,29-30H,3-21,28H2,1-2H3. The maximum atomic E-state index is 14.7. The van der Waals surface area contributed by atoms with Gasteiger partial charge in [0.1, 0.15) is 5.75 Å². The summed E-state index contributed by atoms with van der Waals surface area (Å²) in [7, 11) is 0. The van der Waals surface area contributed by atoms with Crippen LogP contribution >= 0.6 is 0 Å². The van der Waals surface area contributed by atoms with Gasteiger partial charge in [0, 0.05) is 0 Å². The lowest BCUT2D eigenvalue weighted by Gasteiger charge is -2.28.